The highest BCUT2D eigenvalue weighted by Gasteiger charge is 2.16. The number of carbonyl (C=O) groups excluding carboxylic acids is 2. The molecule has 6 heteroatoms. The smallest absolute Gasteiger partial charge is 0.258 e. The van der Waals surface area contributed by atoms with Crippen molar-refractivity contribution in [1.29, 1.82) is 0 Å². The van der Waals surface area contributed by atoms with Gasteiger partial charge in [-0.1, -0.05) is 58.4 Å². The van der Waals surface area contributed by atoms with E-state index in [1.54, 1.807) is 30.3 Å². The van der Waals surface area contributed by atoms with E-state index in [0.717, 1.165) is 5.56 Å². The Hall–Kier alpha value is -2.99. The average molecular weight is 441 g/mol. The highest BCUT2D eigenvalue weighted by Crippen LogP contribution is 2.19. The van der Waals surface area contributed by atoms with Gasteiger partial charge in [-0.25, -0.2) is 4.39 Å². The van der Waals surface area contributed by atoms with Crippen molar-refractivity contribution >= 4 is 33.4 Å². The van der Waals surface area contributed by atoms with Crippen molar-refractivity contribution in [3.63, 3.8) is 0 Å². The lowest BCUT2D eigenvalue weighted by molar-refractivity contribution is 0.0955. The maximum absolute atomic E-state index is 14.0. The van der Waals surface area contributed by atoms with E-state index in [0.29, 0.717) is 28.7 Å². The van der Waals surface area contributed by atoms with Crippen LogP contribution in [0.15, 0.2) is 77.3 Å². The van der Waals surface area contributed by atoms with Crippen LogP contribution in [0.25, 0.3) is 0 Å². The van der Waals surface area contributed by atoms with Crippen molar-refractivity contribution in [3.8, 4) is 0 Å². The molecule has 0 aliphatic carbocycles. The molecule has 0 unspecified atom stereocenters. The first kappa shape index (κ1) is 19.8. The summed E-state index contributed by atoms with van der Waals surface area (Å²) in [7, 11) is 0. The van der Waals surface area contributed by atoms with E-state index < -0.39 is 11.7 Å². The van der Waals surface area contributed by atoms with Crippen molar-refractivity contribution in [3.05, 3.63) is 99.8 Å². The summed E-state index contributed by atoms with van der Waals surface area (Å²) in [6, 6.07) is 20.7. The van der Waals surface area contributed by atoms with Gasteiger partial charge in [0, 0.05) is 11.0 Å². The quantitative estimate of drug-likeness (QED) is 0.577. The number of halogens is 2. The molecule has 0 radical (unpaired) electrons. The monoisotopic (exact) mass is 440 g/mol. The lowest BCUT2D eigenvalue weighted by Gasteiger charge is -2.12. The van der Waals surface area contributed by atoms with Crippen molar-refractivity contribution in [2.75, 3.05) is 11.9 Å². The van der Waals surface area contributed by atoms with E-state index in [9.17, 15) is 14.0 Å². The van der Waals surface area contributed by atoms with Crippen LogP contribution in [0.5, 0.6) is 0 Å². The highest BCUT2D eigenvalue weighted by atomic mass is 79.9. The van der Waals surface area contributed by atoms with Crippen LogP contribution in [0.1, 0.15) is 26.3 Å². The number of hydrogen-bond acceptors (Lipinski definition) is 2. The van der Waals surface area contributed by atoms with Crippen LogP contribution in [0.3, 0.4) is 0 Å². The van der Waals surface area contributed by atoms with Gasteiger partial charge in [0.05, 0.1) is 16.8 Å². The molecule has 0 atom stereocenters. The van der Waals surface area contributed by atoms with E-state index in [2.05, 4.69) is 26.6 Å². The molecule has 0 aromatic heterocycles. The van der Waals surface area contributed by atoms with Crippen LogP contribution in [0, 0.1) is 5.82 Å². The van der Waals surface area contributed by atoms with Crippen molar-refractivity contribution < 1.29 is 14.0 Å². The lowest BCUT2D eigenvalue weighted by Crippen LogP contribution is -2.27. The molecule has 0 saturated heterocycles. The minimum Gasteiger partial charge on any atom is -0.352 e. The van der Waals surface area contributed by atoms with Crippen molar-refractivity contribution in [1.82, 2.24) is 5.32 Å². The third kappa shape index (κ3) is 5.04. The number of nitrogens with one attached hydrogen (secondary N) is 2. The molecule has 3 aromatic carbocycles. The fourth-order valence-electron chi connectivity index (χ4n) is 2.71. The minimum absolute atomic E-state index is 0.0949. The SMILES string of the molecule is O=C(Nc1ccccc1C(=O)NCCc1ccccc1)c1ccc(Br)cc1F. The number of rotatable bonds is 6. The second-order valence-electron chi connectivity index (χ2n) is 6.12. The predicted molar refractivity (Wildman–Crippen MR) is 111 cm³/mol. The third-order valence-electron chi connectivity index (χ3n) is 4.14. The Balaban J connectivity index is 1.68. The van der Waals surface area contributed by atoms with E-state index in [1.807, 2.05) is 30.3 Å². The summed E-state index contributed by atoms with van der Waals surface area (Å²) in [5.41, 5.74) is 1.67. The van der Waals surface area contributed by atoms with Crippen LogP contribution in [0.2, 0.25) is 0 Å². The van der Waals surface area contributed by atoms with Gasteiger partial charge in [-0.2, -0.15) is 0 Å². The Kier molecular flexibility index (Phi) is 6.55. The van der Waals surface area contributed by atoms with Gasteiger partial charge in [0.1, 0.15) is 5.82 Å². The molecule has 2 N–H and O–H groups in total. The van der Waals surface area contributed by atoms with E-state index >= 15 is 0 Å². The Labute approximate surface area is 170 Å². The number of benzene rings is 3. The van der Waals surface area contributed by atoms with Crippen LogP contribution in [-0.4, -0.2) is 18.4 Å². The van der Waals surface area contributed by atoms with E-state index in [1.165, 1.54) is 12.1 Å². The van der Waals surface area contributed by atoms with Gasteiger partial charge in [0.15, 0.2) is 0 Å². The zero-order valence-electron chi connectivity index (χ0n) is 14.9. The van der Waals surface area contributed by atoms with E-state index in [4.69, 9.17) is 0 Å². The van der Waals surface area contributed by atoms with E-state index in [-0.39, 0.29) is 11.5 Å². The van der Waals surface area contributed by atoms with Gasteiger partial charge in [0.25, 0.3) is 11.8 Å². The molecule has 0 aliphatic heterocycles. The maximum Gasteiger partial charge on any atom is 0.258 e. The zero-order valence-corrected chi connectivity index (χ0v) is 16.5. The zero-order chi connectivity index (χ0) is 19.9. The van der Waals surface area contributed by atoms with Crippen LogP contribution >= 0.6 is 15.9 Å². The second-order valence-corrected chi connectivity index (χ2v) is 7.03. The van der Waals surface area contributed by atoms with Gasteiger partial charge >= 0.3 is 0 Å². The van der Waals surface area contributed by atoms with Gasteiger partial charge in [-0.15, -0.1) is 0 Å². The molecule has 0 spiro atoms. The number of para-hydroxylation sites is 1. The number of carbonyl (C=O) groups is 2. The lowest BCUT2D eigenvalue weighted by atomic mass is 10.1. The molecule has 0 fully saturated rings. The fraction of sp³-hybridized carbons (Fsp3) is 0.0909. The Bertz CT molecular complexity index is 993. The molecule has 28 heavy (non-hydrogen) atoms. The summed E-state index contributed by atoms with van der Waals surface area (Å²) in [5, 5.41) is 5.47. The van der Waals surface area contributed by atoms with Gasteiger partial charge in [0.2, 0.25) is 0 Å². The first-order valence-corrected chi connectivity index (χ1v) is 9.51. The average Bonchev–Trinajstić information content (AvgIpc) is 2.69. The molecular weight excluding hydrogens is 423 g/mol. The molecule has 0 heterocycles. The molecule has 0 bridgehead atoms. The van der Waals surface area contributed by atoms with Crippen LogP contribution in [-0.2, 0) is 6.42 Å². The Morgan fingerprint density at radius 2 is 1.57 bits per heavy atom. The fourth-order valence-corrected chi connectivity index (χ4v) is 3.05. The minimum atomic E-state index is -0.642. The molecule has 0 saturated carbocycles. The second kappa shape index (κ2) is 9.28. The summed E-state index contributed by atoms with van der Waals surface area (Å²) in [5.74, 6) is -1.56. The number of anilines is 1. The number of amides is 2. The normalized spacial score (nSPS) is 10.4. The highest BCUT2D eigenvalue weighted by molar-refractivity contribution is 9.10. The molecule has 4 nitrogen and oxygen atoms in total. The summed E-state index contributed by atoms with van der Waals surface area (Å²) < 4.78 is 14.6. The standard InChI is InChI=1S/C22H18BrFN2O2/c23-16-10-11-17(19(24)14-16)22(28)26-20-9-5-4-8-18(20)21(27)25-13-12-15-6-2-1-3-7-15/h1-11,14H,12-13H2,(H,25,27)(H,26,28). The predicted octanol–water partition coefficient (Wildman–Crippen LogP) is 4.81. The topological polar surface area (TPSA) is 58.2 Å². The Morgan fingerprint density at radius 3 is 2.32 bits per heavy atom. The summed E-state index contributed by atoms with van der Waals surface area (Å²) in [6.07, 6.45) is 0.700. The maximum atomic E-state index is 14.0. The first-order valence-electron chi connectivity index (χ1n) is 8.72. The molecule has 3 rings (SSSR count). The molecular formula is C22H18BrFN2O2. The van der Waals surface area contributed by atoms with Gasteiger partial charge in [-0.3, -0.25) is 9.59 Å². The number of hydrogen-bond donors (Lipinski definition) is 2. The van der Waals surface area contributed by atoms with Crippen molar-refractivity contribution in [2.45, 2.75) is 6.42 Å². The third-order valence-corrected chi connectivity index (χ3v) is 4.63. The molecule has 3 aromatic rings. The summed E-state index contributed by atoms with van der Waals surface area (Å²) >= 11 is 3.16. The molecule has 2 amide bonds. The van der Waals surface area contributed by atoms with Gasteiger partial charge in [-0.05, 0) is 42.3 Å². The van der Waals surface area contributed by atoms with Crippen LogP contribution < -0.4 is 10.6 Å². The molecule has 0 aliphatic rings. The summed E-state index contributed by atoms with van der Waals surface area (Å²) in [6.45, 7) is 0.465. The van der Waals surface area contributed by atoms with Crippen LogP contribution in [0.4, 0.5) is 10.1 Å². The van der Waals surface area contributed by atoms with Gasteiger partial charge < -0.3 is 10.6 Å². The van der Waals surface area contributed by atoms with Crippen molar-refractivity contribution in [2.24, 2.45) is 0 Å². The first-order chi connectivity index (χ1) is 13.5. The molecule has 142 valence electrons. The largest absolute Gasteiger partial charge is 0.352 e. The Morgan fingerprint density at radius 1 is 0.857 bits per heavy atom. The summed E-state index contributed by atoms with van der Waals surface area (Å²) in [4.78, 5) is 25.0.